The molecule has 0 aliphatic heterocycles. The third-order valence-electron chi connectivity index (χ3n) is 3.16. The summed E-state index contributed by atoms with van der Waals surface area (Å²) >= 11 is 12.5. The third-order valence-corrected chi connectivity index (χ3v) is 3.84. The monoisotopic (exact) mass is 257 g/mol. The van der Waals surface area contributed by atoms with Crippen molar-refractivity contribution in [3.63, 3.8) is 0 Å². The molecule has 1 unspecified atom stereocenters. The van der Waals surface area contributed by atoms with E-state index in [1.165, 1.54) is 17.5 Å². The Hall–Kier alpha value is -0.240. The third kappa shape index (κ3) is 2.37. The lowest BCUT2D eigenvalue weighted by Crippen LogP contribution is -2.26. The van der Waals surface area contributed by atoms with E-state index in [1.807, 2.05) is 12.1 Å². The van der Waals surface area contributed by atoms with Crippen LogP contribution in [0.25, 0.3) is 0 Å². The molecule has 1 aliphatic rings. The maximum atomic E-state index is 6.29. The fourth-order valence-electron chi connectivity index (χ4n) is 2.39. The van der Waals surface area contributed by atoms with Crippen LogP contribution < -0.4 is 5.32 Å². The minimum atomic E-state index is 0.384. The van der Waals surface area contributed by atoms with Crippen molar-refractivity contribution in [1.29, 1.82) is 0 Å². The van der Waals surface area contributed by atoms with Gasteiger partial charge in [-0.25, -0.2) is 0 Å². The van der Waals surface area contributed by atoms with Crippen LogP contribution in [0.1, 0.15) is 43.4 Å². The first-order valence-corrected chi connectivity index (χ1v) is 6.69. The Morgan fingerprint density at radius 2 is 2.06 bits per heavy atom. The van der Waals surface area contributed by atoms with Crippen molar-refractivity contribution in [2.24, 2.45) is 0 Å². The molecule has 1 nitrogen and oxygen atoms in total. The molecule has 0 spiro atoms. The summed E-state index contributed by atoms with van der Waals surface area (Å²) in [7, 11) is 0. The van der Waals surface area contributed by atoms with E-state index in [1.54, 1.807) is 0 Å². The molecular weight excluding hydrogens is 241 g/mol. The van der Waals surface area contributed by atoms with Crippen LogP contribution in [-0.2, 0) is 6.42 Å². The predicted octanol–water partition coefficient (Wildman–Crippen LogP) is 4.37. The molecule has 88 valence electrons. The zero-order chi connectivity index (χ0) is 11.5. The fraction of sp³-hybridized carbons (Fsp3) is 0.538. The van der Waals surface area contributed by atoms with Gasteiger partial charge in [-0.15, -0.1) is 0 Å². The first-order chi connectivity index (χ1) is 7.74. The predicted molar refractivity (Wildman–Crippen MR) is 70.4 cm³/mol. The summed E-state index contributed by atoms with van der Waals surface area (Å²) in [5, 5.41) is 5.27. The SMILES string of the molecule is CCCNC1CCCc2c(Cl)ccc(Cl)c21. The van der Waals surface area contributed by atoms with Crippen LogP contribution >= 0.6 is 23.2 Å². The van der Waals surface area contributed by atoms with Crippen LogP contribution in [0.4, 0.5) is 0 Å². The Morgan fingerprint density at radius 1 is 1.31 bits per heavy atom. The summed E-state index contributed by atoms with van der Waals surface area (Å²) in [6.07, 6.45) is 4.55. The van der Waals surface area contributed by atoms with Gasteiger partial charge >= 0.3 is 0 Å². The highest BCUT2D eigenvalue weighted by atomic mass is 35.5. The van der Waals surface area contributed by atoms with E-state index >= 15 is 0 Å². The average Bonchev–Trinajstić information content (AvgIpc) is 2.31. The second-order valence-electron chi connectivity index (χ2n) is 4.32. The van der Waals surface area contributed by atoms with Gasteiger partial charge in [0.2, 0.25) is 0 Å². The van der Waals surface area contributed by atoms with Gasteiger partial charge in [0, 0.05) is 16.1 Å². The molecule has 0 fully saturated rings. The molecule has 1 aromatic rings. The minimum absolute atomic E-state index is 0.384. The van der Waals surface area contributed by atoms with Crippen LogP contribution in [0.5, 0.6) is 0 Å². The van der Waals surface area contributed by atoms with Gasteiger partial charge in [0.25, 0.3) is 0 Å². The molecule has 1 aromatic carbocycles. The molecule has 0 heterocycles. The topological polar surface area (TPSA) is 12.0 Å². The molecule has 1 atom stereocenters. The van der Waals surface area contributed by atoms with Crippen LogP contribution in [-0.4, -0.2) is 6.54 Å². The van der Waals surface area contributed by atoms with Crippen molar-refractivity contribution in [3.05, 3.63) is 33.3 Å². The molecular formula is C13H17Cl2N. The van der Waals surface area contributed by atoms with E-state index < -0.39 is 0 Å². The number of nitrogens with one attached hydrogen (secondary N) is 1. The summed E-state index contributed by atoms with van der Waals surface area (Å²) in [6, 6.07) is 4.20. The highest BCUT2D eigenvalue weighted by Crippen LogP contribution is 2.38. The van der Waals surface area contributed by atoms with Gasteiger partial charge in [-0.1, -0.05) is 30.1 Å². The van der Waals surface area contributed by atoms with Crippen LogP contribution in [0, 0.1) is 0 Å². The van der Waals surface area contributed by atoms with Gasteiger partial charge in [0.1, 0.15) is 0 Å². The standard InChI is InChI=1S/C13H17Cl2N/c1-2-8-16-12-5-3-4-9-10(14)6-7-11(15)13(9)12/h6-7,12,16H,2-5,8H2,1H3. The van der Waals surface area contributed by atoms with Gasteiger partial charge in [-0.05, 0) is 55.5 Å². The fourth-order valence-corrected chi connectivity index (χ4v) is 2.96. The van der Waals surface area contributed by atoms with Gasteiger partial charge in [0.05, 0.1) is 0 Å². The molecule has 1 N–H and O–H groups in total. The molecule has 3 heteroatoms. The second-order valence-corrected chi connectivity index (χ2v) is 5.13. The normalized spacial score (nSPS) is 19.6. The van der Waals surface area contributed by atoms with Crippen molar-refractivity contribution < 1.29 is 0 Å². The Balaban J connectivity index is 2.33. The van der Waals surface area contributed by atoms with Crippen LogP contribution in [0.2, 0.25) is 10.0 Å². The zero-order valence-corrected chi connectivity index (χ0v) is 11.0. The Labute approximate surface area is 107 Å². The van der Waals surface area contributed by atoms with E-state index in [2.05, 4.69) is 12.2 Å². The lowest BCUT2D eigenvalue weighted by Gasteiger charge is -2.28. The number of halogens is 2. The number of rotatable bonds is 3. The molecule has 0 saturated carbocycles. The molecule has 16 heavy (non-hydrogen) atoms. The molecule has 0 aromatic heterocycles. The molecule has 1 aliphatic carbocycles. The molecule has 0 amide bonds. The Bertz CT molecular complexity index is 376. The first-order valence-electron chi connectivity index (χ1n) is 5.94. The average molecular weight is 258 g/mol. The maximum absolute atomic E-state index is 6.29. The summed E-state index contributed by atoms with van der Waals surface area (Å²) in [5.74, 6) is 0. The van der Waals surface area contributed by atoms with Crippen LogP contribution in [0.3, 0.4) is 0 Å². The molecule has 2 rings (SSSR count). The quantitative estimate of drug-likeness (QED) is 0.848. The molecule has 0 radical (unpaired) electrons. The van der Waals surface area contributed by atoms with E-state index in [9.17, 15) is 0 Å². The highest BCUT2D eigenvalue weighted by molar-refractivity contribution is 6.34. The largest absolute Gasteiger partial charge is 0.310 e. The first kappa shape index (κ1) is 12.2. The summed E-state index contributed by atoms with van der Waals surface area (Å²) in [6.45, 7) is 3.21. The maximum Gasteiger partial charge on any atom is 0.0457 e. The highest BCUT2D eigenvalue weighted by Gasteiger charge is 2.23. The smallest absolute Gasteiger partial charge is 0.0457 e. The van der Waals surface area contributed by atoms with Crippen molar-refractivity contribution in [2.75, 3.05) is 6.54 Å². The second kappa shape index (κ2) is 5.39. The van der Waals surface area contributed by atoms with E-state index in [-0.39, 0.29) is 0 Å². The lowest BCUT2D eigenvalue weighted by molar-refractivity contribution is 0.460. The number of benzene rings is 1. The molecule has 0 bridgehead atoms. The van der Waals surface area contributed by atoms with Gasteiger partial charge in [-0.2, -0.15) is 0 Å². The molecule has 0 saturated heterocycles. The van der Waals surface area contributed by atoms with Gasteiger partial charge in [0.15, 0.2) is 0 Å². The Kier molecular flexibility index (Phi) is 4.12. The van der Waals surface area contributed by atoms with Gasteiger partial charge in [-0.3, -0.25) is 0 Å². The minimum Gasteiger partial charge on any atom is -0.310 e. The van der Waals surface area contributed by atoms with E-state index in [4.69, 9.17) is 23.2 Å². The number of fused-ring (bicyclic) bond motifs is 1. The van der Waals surface area contributed by atoms with Crippen LogP contribution in [0.15, 0.2) is 12.1 Å². The lowest BCUT2D eigenvalue weighted by atomic mass is 9.87. The van der Waals surface area contributed by atoms with Crippen molar-refractivity contribution in [1.82, 2.24) is 5.32 Å². The number of hydrogen-bond donors (Lipinski definition) is 1. The summed E-state index contributed by atoms with van der Waals surface area (Å²) in [4.78, 5) is 0. The Morgan fingerprint density at radius 3 is 2.81 bits per heavy atom. The van der Waals surface area contributed by atoms with Gasteiger partial charge < -0.3 is 5.32 Å². The van der Waals surface area contributed by atoms with Crippen molar-refractivity contribution in [2.45, 2.75) is 38.6 Å². The summed E-state index contributed by atoms with van der Waals surface area (Å²) < 4.78 is 0. The van der Waals surface area contributed by atoms with E-state index in [0.29, 0.717) is 6.04 Å². The van der Waals surface area contributed by atoms with Crippen molar-refractivity contribution in [3.8, 4) is 0 Å². The van der Waals surface area contributed by atoms with Crippen molar-refractivity contribution >= 4 is 23.2 Å². The zero-order valence-electron chi connectivity index (χ0n) is 9.52. The van der Waals surface area contributed by atoms with E-state index in [0.717, 1.165) is 35.9 Å². The summed E-state index contributed by atoms with van der Waals surface area (Å²) in [5.41, 5.74) is 2.47. The number of hydrogen-bond acceptors (Lipinski definition) is 1.